The van der Waals surface area contributed by atoms with E-state index < -0.39 is 10.1 Å². The van der Waals surface area contributed by atoms with Crippen molar-refractivity contribution < 1.29 is 18.2 Å². The lowest BCUT2D eigenvalue weighted by Crippen LogP contribution is -2.27. The first-order valence-electron chi connectivity index (χ1n) is 8.87. The Bertz CT molecular complexity index is 907. The van der Waals surface area contributed by atoms with Crippen molar-refractivity contribution in [1.82, 2.24) is 5.48 Å². The molecular weight excluding hydrogens is 394 g/mol. The second-order valence-electron chi connectivity index (χ2n) is 5.89. The third-order valence-corrected chi connectivity index (χ3v) is 4.70. The van der Waals surface area contributed by atoms with Gasteiger partial charge < -0.3 is 10.6 Å². The van der Waals surface area contributed by atoms with Crippen molar-refractivity contribution in [2.24, 2.45) is 15.9 Å². The van der Waals surface area contributed by atoms with E-state index in [2.05, 4.69) is 29.0 Å². The van der Waals surface area contributed by atoms with Crippen LogP contribution < -0.4 is 16.1 Å². The van der Waals surface area contributed by atoms with Crippen molar-refractivity contribution >= 4 is 28.0 Å². The first-order chi connectivity index (χ1) is 13.7. The molecule has 5 N–H and O–H groups in total. The lowest BCUT2D eigenvalue weighted by molar-refractivity contribution is 0.232. The van der Waals surface area contributed by atoms with Crippen LogP contribution in [-0.2, 0) is 10.1 Å². The van der Waals surface area contributed by atoms with Gasteiger partial charge in [-0.15, -0.1) is 5.10 Å². The van der Waals surface area contributed by atoms with E-state index in [1.807, 2.05) is 31.2 Å². The van der Waals surface area contributed by atoms with Gasteiger partial charge in [-0.3, -0.25) is 9.76 Å². The van der Waals surface area contributed by atoms with Gasteiger partial charge in [-0.25, -0.2) is 5.48 Å². The summed E-state index contributed by atoms with van der Waals surface area (Å²) >= 11 is 0. The normalized spacial score (nSPS) is 11.7. The molecule has 0 aliphatic heterocycles. The predicted molar refractivity (Wildman–Crippen MR) is 115 cm³/mol. The predicted octanol–water partition coefficient (Wildman–Crippen LogP) is 2.40. The van der Waals surface area contributed by atoms with Crippen molar-refractivity contribution in [2.45, 2.75) is 25.7 Å². The maximum Gasteiger partial charge on any atom is 0.294 e. The third-order valence-electron chi connectivity index (χ3n) is 3.83. The van der Waals surface area contributed by atoms with E-state index in [0.717, 1.165) is 24.2 Å². The summed E-state index contributed by atoms with van der Waals surface area (Å²) in [6, 6.07) is 14.0. The van der Waals surface area contributed by atoms with Crippen LogP contribution in [0.4, 0.5) is 5.69 Å². The number of hydroxylamine groups is 1. The second-order valence-corrected chi connectivity index (χ2v) is 7.32. The zero-order valence-corrected chi connectivity index (χ0v) is 17.5. The van der Waals surface area contributed by atoms with Gasteiger partial charge in [0, 0.05) is 18.8 Å². The Hall–Kier alpha value is -2.95. The van der Waals surface area contributed by atoms with Crippen molar-refractivity contribution in [2.75, 3.05) is 18.0 Å². The van der Waals surface area contributed by atoms with Crippen molar-refractivity contribution in [3.05, 3.63) is 59.7 Å². The fourth-order valence-corrected chi connectivity index (χ4v) is 2.73. The van der Waals surface area contributed by atoms with Crippen molar-refractivity contribution in [3.63, 3.8) is 0 Å². The minimum absolute atomic E-state index is 0.0666. The maximum atomic E-state index is 10.5. The molecule has 158 valence electrons. The number of nitrogens with zero attached hydrogens (tertiary/aromatic N) is 3. The van der Waals surface area contributed by atoms with Gasteiger partial charge in [0.2, 0.25) is 5.96 Å². The molecule has 0 aliphatic carbocycles. The smallest absolute Gasteiger partial charge is 0.294 e. The fraction of sp³-hybridized carbons (Fsp3) is 0.263. The zero-order valence-electron chi connectivity index (χ0n) is 16.6. The summed E-state index contributed by atoms with van der Waals surface area (Å²) in [7, 11) is -4.02. The Balaban J connectivity index is 0.000000326. The van der Waals surface area contributed by atoms with Crippen LogP contribution in [0, 0.1) is 6.92 Å². The van der Waals surface area contributed by atoms with E-state index in [4.69, 9.17) is 15.5 Å². The van der Waals surface area contributed by atoms with Crippen molar-refractivity contribution in [1.29, 1.82) is 0 Å². The average Bonchev–Trinajstić information content (AvgIpc) is 2.70. The second kappa shape index (κ2) is 11.8. The summed E-state index contributed by atoms with van der Waals surface area (Å²) < 4.78 is 29.6. The first kappa shape index (κ1) is 24.1. The molecule has 2 rings (SSSR count). The maximum absolute atomic E-state index is 10.5. The Labute approximate surface area is 171 Å². The Morgan fingerprint density at radius 1 is 1.10 bits per heavy atom. The summed E-state index contributed by atoms with van der Waals surface area (Å²) in [5.74, 6) is -0.147. The molecule has 0 amide bonds. The van der Waals surface area contributed by atoms with Gasteiger partial charge >= 0.3 is 0 Å². The van der Waals surface area contributed by atoms with Crippen LogP contribution in [0.3, 0.4) is 0 Å². The van der Waals surface area contributed by atoms with Gasteiger partial charge in [-0.2, -0.15) is 13.5 Å². The topological polar surface area (TPSA) is 141 Å². The molecule has 0 aliphatic rings. The van der Waals surface area contributed by atoms with Crippen LogP contribution in [-0.4, -0.2) is 43.4 Å². The lowest BCUT2D eigenvalue weighted by Gasteiger charge is -2.20. The van der Waals surface area contributed by atoms with Gasteiger partial charge in [0.15, 0.2) is 0 Å². The summed E-state index contributed by atoms with van der Waals surface area (Å²) in [5, 5.41) is 15.6. The highest BCUT2D eigenvalue weighted by Gasteiger charge is 2.06. The summed E-state index contributed by atoms with van der Waals surface area (Å²) in [5.41, 5.74) is 9.95. The molecule has 2 aromatic rings. The Morgan fingerprint density at radius 3 is 2.10 bits per heavy atom. The van der Waals surface area contributed by atoms with E-state index in [0.29, 0.717) is 0 Å². The van der Waals surface area contributed by atoms with Crippen LogP contribution in [0.15, 0.2) is 63.6 Å². The molecule has 0 heterocycles. The Kier molecular flexibility index (Phi) is 9.80. The molecule has 0 saturated heterocycles. The van der Waals surface area contributed by atoms with Gasteiger partial charge in [-0.1, -0.05) is 29.8 Å². The van der Waals surface area contributed by atoms with Crippen LogP contribution in [0.1, 0.15) is 25.0 Å². The lowest BCUT2D eigenvalue weighted by atomic mass is 10.2. The highest BCUT2D eigenvalue weighted by Crippen LogP contribution is 2.14. The molecule has 0 bridgehead atoms. The number of hydrogen-bond acceptors (Lipinski definition) is 6. The van der Waals surface area contributed by atoms with Gasteiger partial charge in [-0.05, 0) is 50.6 Å². The molecule has 0 unspecified atom stereocenters. The molecule has 0 radical (unpaired) electrons. The molecule has 0 atom stereocenters. The molecule has 0 spiro atoms. The molecule has 9 nitrogen and oxygen atoms in total. The third kappa shape index (κ3) is 8.73. The summed E-state index contributed by atoms with van der Waals surface area (Å²) in [6.07, 6.45) is 1.57. The standard InChI is InChI=1S/C12H19N5O.C7H8O3S/c1-3-17(4-2)11-7-5-10(6-8-11)9-14-15-12(13)16-18;1-6-2-4-7(5-3-6)11(8,9)10/h5-9,18H,3-4H2,1-2H3,(H3,13,15,16);2-5H,1H3,(H,8,9,10)/b14-9+;. The molecule has 2 aromatic carbocycles. The summed E-state index contributed by atoms with van der Waals surface area (Å²) in [6.45, 7) is 8.05. The quantitative estimate of drug-likeness (QED) is 0.243. The van der Waals surface area contributed by atoms with E-state index >= 15 is 0 Å². The van der Waals surface area contributed by atoms with Crippen LogP contribution in [0.5, 0.6) is 0 Å². The van der Waals surface area contributed by atoms with Crippen LogP contribution >= 0.6 is 0 Å². The van der Waals surface area contributed by atoms with E-state index in [9.17, 15) is 8.42 Å². The zero-order chi connectivity index (χ0) is 21.9. The van der Waals surface area contributed by atoms with Gasteiger partial charge in [0.1, 0.15) is 0 Å². The van der Waals surface area contributed by atoms with E-state index in [1.165, 1.54) is 17.8 Å². The molecule has 29 heavy (non-hydrogen) atoms. The number of benzene rings is 2. The molecule has 0 aromatic heterocycles. The minimum atomic E-state index is -4.02. The largest absolute Gasteiger partial charge is 0.372 e. The monoisotopic (exact) mass is 421 g/mol. The van der Waals surface area contributed by atoms with E-state index in [-0.39, 0.29) is 10.9 Å². The molecule has 10 heteroatoms. The van der Waals surface area contributed by atoms with Crippen molar-refractivity contribution in [3.8, 4) is 0 Å². The number of rotatable bonds is 6. The molecule has 0 saturated carbocycles. The number of nitrogens with one attached hydrogen (secondary N) is 1. The number of aryl methyl sites for hydroxylation is 1. The highest BCUT2D eigenvalue weighted by molar-refractivity contribution is 7.85. The minimum Gasteiger partial charge on any atom is -0.372 e. The SMILES string of the molecule is CCN(CC)c1ccc(/C=N/N=C(N)NO)cc1.Cc1ccc(S(=O)(=O)O)cc1. The number of hydrogen-bond donors (Lipinski definition) is 4. The molecular formula is C19H27N5O4S. The van der Waals surface area contributed by atoms with E-state index in [1.54, 1.807) is 23.8 Å². The van der Waals surface area contributed by atoms with Crippen LogP contribution in [0.25, 0.3) is 0 Å². The summed E-state index contributed by atoms with van der Waals surface area (Å²) in [4.78, 5) is 2.19. The molecule has 0 fully saturated rings. The van der Waals surface area contributed by atoms with Crippen LogP contribution in [0.2, 0.25) is 0 Å². The number of nitrogens with two attached hydrogens (primary N) is 1. The van der Waals surface area contributed by atoms with Gasteiger partial charge in [0.05, 0.1) is 11.1 Å². The highest BCUT2D eigenvalue weighted by atomic mass is 32.2. The average molecular weight is 422 g/mol. The number of anilines is 1. The number of guanidine groups is 1. The van der Waals surface area contributed by atoms with Gasteiger partial charge in [0.25, 0.3) is 10.1 Å². The fourth-order valence-electron chi connectivity index (χ4n) is 2.25. The first-order valence-corrected chi connectivity index (χ1v) is 10.3. The Morgan fingerprint density at radius 2 is 1.66 bits per heavy atom.